The molecule has 182 valence electrons. The van der Waals surface area contributed by atoms with Crippen molar-refractivity contribution in [3.05, 3.63) is 0 Å². The summed E-state index contributed by atoms with van der Waals surface area (Å²) in [4.78, 5) is 70.8. The number of carbonyl (C=O) groups excluding carboxylic acids is 4. The highest BCUT2D eigenvalue weighted by Gasteiger charge is 2.32. The molecule has 0 bridgehead atoms. The molecule has 0 aliphatic carbocycles. The van der Waals surface area contributed by atoms with Gasteiger partial charge in [-0.05, 0) is 25.8 Å². The summed E-state index contributed by atoms with van der Waals surface area (Å²) in [6.45, 7) is 0.321. The number of carbonyl (C=O) groups is 6. The Morgan fingerprint density at radius 1 is 0.812 bits per heavy atom. The second-order valence-electron chi connectivity index (χ2n) is 6.86. The molecule has 0 saturated carbocycles. The van der Waals surface area contributed by atoms with Crippen LogP contribution in [0.2, 0.25) is 0 Å². The fourth-order valence-corrected chi connectivity index (χ4v) is 2.62. The van der Waals surface area contributed by atoms with Gasteiger partial charge in [0.1, 0.15) is 18.1 Å². The zero-order chi connectivity index (χ0) is 24.8. The number of carboxylic acids is 2. The van der Waals surface area contributed by atoms with Crippen molar-refractivity contribution in [1.29, 1.82) is 0 Å². The van der Waals surface area contributed by atoms with Gasteiger partial charge in [-0.25, -0.2) is 4.79 Å². The van der Waals surface area contributed by atoms with E-state index in [0.29, 0.717) is 19.4 Å². The van der Waals surface area contributed by atoms with Gasteiger partial charge in [0.25, 0.3) is 0 Å². The lowest BCUT2D eigenvalue weighted by atomic mass is 10.1. The Kier molecular flexibility index (Phi) is 13.6. The molecule has 0 aliphatic rings. The van der Waals surface area contributed by atoms with Crippen molar-refractivity contribution in [3.63, 3.8) is 0 Å². The maximum atomic E-state index is 12.6. The standard InChI is InChI=1S/C17H30N6O8S/c18-4-2-1-3-9(17(30)31)21-16(29)11(6-13(25)26)23-15(28)10(5-12(20)24)22-14(27)8(19)7-32/h8-11,32H,1-7,18-19H2,(H2,20,24)(H,21,29)(H,22,27)(H,23,28)(H,25,26)(H,30,31). The summed E-state index contributed by atoms with van der Waals surface area (Å²) >= 11 is 3.85. The third-order valence-electron chi connectivity index (χ3n) is 4.14. The van der Waals surface area contributed by atoms with Gasteiger partial charge in [-0.15, -0.1) is 0 Å². The molecule has 0 saturated heterocycles. The van der Waals surface area contributed by atoms with Gasteiger partial charge in [0.05, 0.1) is 18.9 Å². The number of hydrogen-bond acceptors (Lipinski definition) is 9. The summed E-state index contributed by atoms with van der Waals surface area (Å²) in [7, 11) is 0. The maximum absolute atomic E-state index is 12.6. The summed E-state index contributed by atoms with van der Waals surface area (Å²) in [6.07, 6.45) is -0.608. The number of primary amides is 1. The Morgan fingerprint density at radius 2 is 1.31 bits per heavy atom. The molecule has 14 nitrogen and oxygen atoms in total. The van der Waals surface area contributed by atoms with Crippen LogP contribution in [0, 0.1) is 0 Å². The lowest BCUT2D eigenvalue weighted by Gasteiger charge is -2.24. The summed E-state index contributed by atoms with van der Waals surface area (Å²) in [6, 6.07) is -5.68. The molecule has 0 aliphatic heterocycles. The zero-order valence-electron chi connectivity index (χ0n) is 17.3. The predicted molar refractivity (Wildman–Crippen MR) is 114 cm³/mol. The van der Waals surface area contributed by atoms with Gasteiger partial charge >= 0.3 is 11.9 Å². The number of nitrogens with one attached hydrogen (secondary N) is 3. The molecule has 0 aromatic rings. The SMILES string of the molecule is NCCCCC(NC(=O)C(CC(=O)O)NC(=O)C(CC(N)=O)NC(=O)C(N)CS)C(=O)O. The van der Waals surface area contributed by atoms with E-state index in [1.165, 1.54) is 0 Å². The van der Waals surface area contributed by atoms with Crippen molar-refractivity contribution in [1.82, 2.24) is 16.0 Å². The highest BCUT2D eigenvalue weighted by atomic mass is 32.1. The Morgan fingerprint density at radius 3 is 1.75 bits per heavy atom. The molecule has 4 atom stereocenters. The number of thiol groups is 1. The molecule has 11 N–H and O–H groups in total. The van der Waals surface area contributed by atoms with Crippen molar-refractivity contribution in [3.8, 4) is 0 Å². The van der Waals surface area contributed by atoms with Crippen LogP contribution >= 0.6 is 12.6 Å². The van der Waals surface area contributed by atoms with Crippen LogP contribution in [-0.4, -0.2) is 82.2 Å². The topological polar surface area (TPSA) is 257 Å². The first-order valence-corrected chi connectivity index (χ1v) is 10.3. The van der Waals surface area contributed by atoms with Crippen LogP contribution < -0.4 is 33.2 Å². The molecular formula is C17H30N6O8S. The highest BCUT2D eigenvalue weighted by Crippen LogP contribution is 2.04. The number of rotatable bonds is 16. The molecular weight excluding hydrogens is 448 g/mol. The van der Waals surface area contributed by atoms with Crippen molar-refractivity contribution in [2.24, 2.45) is 17.2 Å². The smallest absolute Gasteiger partial charge is 0.326 e. The van der Waals surface area contributed by atoms with E-state index >= 15 is 0 Å². The van der Waals surface area contributed by atoms with E-state index in [9.17, 15) is 33.9 Å². The third kappa shape index (κ3) is 11.5. The molecule has 0 rings (SSSR count). The minimum atomic E-state index is -1.69. The first kappa shape index (κ1) is 29.1. The second kappa shape index (κ2) is 15.0. The van der Waals surface area contributed by atoms with Crippen molar-refractivity contribution < 1.29 is 39.0 Å². The van der Waals surface area contributed by atoms with E-state index in [0.717, 1.165) is 0 Å². The second-order valence-corrected chi connectivity index (χ2v) is 7.23. The number of nitrogens with two attached hydrogens (primary N) is 3. The minimum absolute atomic E-state index is 0.0357. The van der Waals surface area contributed by atoms with Crippen LogP contribution in [0.25, 0.3) is 0 Å². The van der Waals surface area contributed by atoms with Crippen LogP contribution in [0.3, 0.4) is 0 Å². The van der Waals surface area contributed by atoms with Crippen LogP contribution in [0.5, 0.6) is 0 Å². The molecule has 0 radical (unpaired) electrons. The van der Waals surface area contributed by atoms with E-state index in [1.807, 2.05) is 0 Å². The summed E-state index contributed by atoms with van der Waals surface area (Å²) in [5, 5.41) is 24.8. The molecule has 32 heavy (non-hydrogen) atoms. The Bertz CT molecular complexity index is 707. The van der Waals surface area contributed by atoms with Gasteiger partial charge in [-0.2, -0.15) is 12.6 Å². The first-order chi connectivity index (χ1) is 14.9. The number of aliphatic carboxylic acids is 2. The van der Waals surface area contributed by atoms with E-state index in [4.69, 9.17) is 22.3 Å². The fraction of sp³-hybridized carbons (Fsp3) is 0.647. The lowest BCUT2D eigenvalue weighted by Crippen LogP contribution is -2.58. The van der Waals surface area contributed by atoms with E-state index < -0.39 is 72.6 Å². The summed E-state index contributed by atoms with van der Waals surface area (Å²) in [5.74, 6) is -6.83. The number of unbranched alkanes of at least 4 members (excludes halogenated alkanes) is 1. The van der Waals surface area contributed by atoms with Crippen LogP contribution in [0.1, 0.15) is 32.1 Å². The van der Waals surface area contributed by atoms with Crippen LogP contribution in [0.4, 0.5) is 0 Å². The van der Waals surface area contributed by atoms with Crippen molar-refractivity contribution in [2.75, 3.05) is 12.3 Å². The average Bonchev–Trinajstić information content (AvgIpc) is 2.70. The maximum Gasteiger partial charge on any atom is 0.326 e. The molecule has 15 heteroatoms. The Labute approximate surface area is 189 Å². The molecule has 0 aromatic carbocycles. The normalized spacial score (nSPS) is 14.3. The van der Waals surface area contributed by atoms with Gasteiger partial charge < -0.3 is 43.4 Å². The van der Waals surface area contributed by atoms with Crippen LogP contribution in [-0.2, 0) is 28.8 Å². The number of hydrogen-bond donors (Lipinski definition) is 9. The minimum Gasteiger partial charge on any atom is -0.481 e. The first-order valence-electron chi connectivity index (χ1n) is 9.63. The molecule has 4 amide bonds. The van der Waals surface area contributed by atoms with Gasteiger partial charge in [-0.3, -0.25) is 24.0 Å². The van der Waals surface area contributed by atoms with Gasteiger partial charge in [0, 0.05) is 5.75 Å². The largest absolute Gasteiger partial charge is 0.481 e. The summed E-state index contributed by atoms with van der Waals surface area (Å²) in [5.41, 5.74) is 15.9. The Balaban J connectivity index is 5.44. The van der Waals surface area contributed by atoms with E-state index in [1.54, 1.807) is 0 Å². The van der Waals surface area contributed by atoms with E-state index in [-0.39, 0.29) is 12.2 Å². The molecule has 0 heterocycles. The number of carboxylic acid groups (broad SMARTS) is 2. The fourth-order valence-electron chi connectivity index (χ4n) is 2.45. The molecule has 0 spiro atoms. The summed E-state index contributed by atoms with van der Waals surface area (Å²) < 4.78 is 0. The Hall–Kier alpha value is -2.91. The van der Waals surface area contributed by atoms with Gasteiger partial charge in [0.2, 0.25) is 23.6 Å². The van der Waals surface area contributed by atoms with Gasteiger partial charge in [0.15, 0.2) is 0 Å². The quantitative estimate of drug-likeness (QED) is 0.0773. The lowest BCUT2D eigenvalue weighted by molar-refractivity contribution is -0.144. The predicted octanol–water partition coefficient (Wildman–Crippen LogP) is -3.74. The number of amides is 4. The molecule has 4 unspecified atom stereocenters. The van der Waals surface area contributed by atoms with Crippen LogP contribution in [0.15, 0.2) is 0 Å². The highest BCUT2D eigenvalue weighted by molar-refractivity contribution is 7.80. The van der Waals surface area contributed by atoms with Crippen molar-refractivity contribution >= 4 is 48.2 Å². The van der Waals surface area contributed by atoms with E-state index in [2.05, 4.69) is 28.6 Å². The molecule has 0 fully saturated rings. The van der Waals surface area contributed by atoms with Crippen molar-refractivity contribution in [2.45, 2.75) is 56.3 Å². The monoisotopic (exact) mass is 478 g/mol. The molecule has 0 aromatic heterocycles. The average molecular weight is 479 g/mol. The zero-order valence-corrected chi connectivity index (χ0v) is 18.2. The van der Waals surface area contributed by atoms with Gasteiger partial charge in [-0.1, -0.05) is 0 Å². The third-order valence-corrected chi connectivity index (χ3v) is 4.54.